The van der Waals surface area contributed by atoms with Gasteiger partial charge in [0.2, 0.25) is 0 Å². The standard InChI is InChI=1S/C20H30F2N2/c1-14(2)17-4-5-18(20(22)19(17)21)24-12-8-16(9-13-24)23-10-6-15(3)7-11-23/h4-5,14-16H,6-13H2,1-3H3. The molecule has 2 aliphatic heterocycles. The zero-order chi connectivity index (χ0) is 17.3. The first-order chi connectivity index (χ1) is 11.5. The molecule has 2 aliphatic rings. The SMILES string of the molecule is CC1CCN(C2CCN(c3ccc(C(C)C)c(F)c3F)CC2)CC1. The smallest absolute Gasteiger partial charge is 0.182 e. The van der Waals surface area contributed by atoms with Crippen molar-refractivity contribution in [2.75, 3.05) is 31.1 Å². The summed E-state index contributed by atoms with van der Waals surface area (Å²) in [6.45, 7) is 10.1. The quantitative estimate of drug-likeness (QED) is 0.783. The van der Waals surface area contributed by atoms with Crippen molar-refractivity contribution in [3.05, 3.63) is 29.3 Å². The molecular formula is C20H30F2N2. The second-order valence-electron chi connectivity index (χ2n) is 7.89. The highest BCUT2D eigenvalue weighted by molar-refractivity contribution is 5.50. The first-order valence-corrected chi connectivity index (χ1v) is 9.44. The highest BCUT2D eigenvalue weighted by Gasteiger charge is 2.28. The number of hydrogen-bond donors (Lipinski definition) is 0. The van der Waals surface area contributed by atoms with Gasteiger partial charge in [0.1, 0.15) is 0 Å². The van der Waals surface area contributed by atoms with Crippen molar-refractivity contribution in [2.45, 2.75) is 58.4 Å². The number of anilines is 1. The van der Waals surface area contributed by atoms with Gasteiger partial charge in [-0.3, -0.25) is 0 Å². The van der Waals surface area contributed by atoms with E-state index < -0.39 is 11.6 Å². The van der Waals surface area contributed by atoms with Crippen LogP contribution in [0.25, 0.3) is 0 Å². The normalized spacial score (nSPS) is 21.7. The minimum absolute atomic E-state index is 0.000722. The lowest BCUT2D eigenvalue weighted by atomic mass is 9.94. The molecule has 1 aromatic carbocycles. The van der Waals surface area contributed by atoms with Crippen LogP contribution >= 0.6 is 0 Å². The lowest BCUT2D eigenvalue weighted by Gasteiger charge is -2.42. The van der Waals surface area contributed by atoms with Crippen LogP contribution < -0.4 is 4.90 Å². The van der Waals surface area contributed by atoms with Gasteiger partial charge in [0.15, 0.2) is 11.6 Å². The fourth-order valence-corrected chi connectivity index (χ4v) is 4.11. The Kier molecular flexibility index (Phi) is 5.43. The number of piperidine rings is 2. The zero-order valence-corrected chi connectivity index (χ0v) is 15.2. The monoisotopic (exact) mass is 336 g/mol. The van der Waals surface area contributed by atoms with Crippen LogP contribution in [0.15, 0.2) is 12.1 Å². The van der Waals surface area contributed by atoms with Gasteiger partial charge in [0.05, 0.1) is 5.69 Å². The van der Waals surface area contributed by atoms with Crippen molar-refractivity contribution in [3.63, 3.8) is 0 Å². The van der Waals surface area contributed by atoms with Crippen LogP contribution in [0.5, 0.6) is 0 Å². The molecule has 0 amide bonds. The molecule has 24 heavy (non-hydrogen) atoms. The van der Waals surface area contributed by atoms with E-state index in [-0.39, 0.29) is 5.92 Å². The lowest BCUT2D eigenvalue weighted by Crippen LogP contribution is -2.47. The van der Waals surface area contributed by atoms with Crippen molar-refractivity contribution in [1.29, 1.82) is 0 Å². The molecule has 4 heteroatoms. The molecule has 0 N–H and O–H groups in total. The third kappa shape index (κ3) is 3.58. The molecule has 2 nitrogen and oxygen atoms in total. The maximum Gasteiger partial charge on any atom is 0.182 e. The van der Waals surface area contributed by atoms with Crippen molar-refractivity contribution in [3.8, 4) is 0 Å². The van der Waals surface area contributed by atoms with Gasteiger partial charge in [-0.05, 0) is 62.2 Å². The van der Waals surface area contributed by atoms with Crippen LogP contribution in [-0.4, -0.2) is 37.1 Å². The molecule has 2 heterocycles. The fraction of sp³-hybridized carbons (Fsp3) is 0.700. The number of halogens is 2. The molecule has 2 fully saturated rings. The molecule has 0 saturated carbocycles. The Labute approximate surface area is 144 Å². The molecule has 1 aromatic rings. The highest BCUT2D eigenvalue weighted by atomic mass is 19.2. The van der Waals surface area contributed by atoms with E-state index >= 15 is 0 Å². The summed E-state index contributed by atoms with van der Waals surface area (Å²) in [5.41, 5.74) is 0.899. The molecule has 0 atom stereocenters. The Morgan fingerprint density at radius 2 is 1.54 bits per heavy atom. The molecule has 0 aliphatic carbocycles. The number of hydrogen-bond acceptors (Lipinski definition) is 2. The molecule has 0 spiro atoms. The molecule has 0 unspecified atom stereocenters. The van der Waals surface area contributed by atoms with E-state index in [9.17, 15) is 8.78 Å². The fourth-order valence-electron chi connectivity index (χ4n) is 4.11. The van der Waals surface area contributed by atoms with Crippen LogP contribution in [-0.2, 0) is 0 Å². The van der Waals surface area contributed by atoms with Gasteiger partial charge in [0.25, 0.3) is 0 Å². The van der Waals surface area contributed by atoms with Crippen LogP contribution in [0.4, 0.5) is 14.5 Å². The van der Waals surface area contributed by atoms with Crippen LogP contribution in [0.1, 0.15) is 57.9 Å². The van der Waals surface area contributed by atoms with Crippen LogP contribution in [0.2, 0.25) is 0 Å². The van der Waals surface area contributed by atoms with Crippen LogP contribution in [0.3, 0.4) is 0 Å². The number of nitrogens with zero attached hydrogens (tertiary/aromatic N) is 2. The summed E-state index contributed by atoms with van der Waals surface area (Å²) in [5.74, 6) is -0.500. The van der Waals surface area contributed by atoms with E-state index in [1.165, 1.54) is 25.9 Å². The largest absolute Gasteiger partial charge is 0.369 e. The lowest BCUT2D eigenvalue weighted by molar-refractivity contribution is 0.120. The second kappa shape index (κ2) is 7.38. The first-order valence-electron chi connectivity index (χ1n) is 9.44. The number of rotatable bonds is 3. The average molecular weight is 336 g/mol. The van der Waals surface area contributed by atoms with Gasteiger partial charge in [0, 0.05) is 19.1 Å². The van der Waals surface area contributed by atoms with Crippen LogP contribution in [0, 0.1) is 17.6 Å². The van der Waals surface area contributed by atoms with Crippen molar-refractivity contribution < 1.29 is 8.78 Å². The van der Waals surface area contributed by atoms with Crippen molar-refractivity contribution in [2.24, 2.45) is 5.92 Å². The third-order valence-corrected chi connectivity index (χ3v) is 5.85. The molecule has 0 bridgehead atoms. The molecule has 3 rings (SSSR count). The van der Waals surface area contributed by atoms with E-state index in [0.717, 1.165) is 31.8 Å². The zero-order valence-electron chi connectivity index (χ0n) is 15.2. The third-order valence-electron chi connectivity index (χ3n) is 5.85. The molecule has 2 saturated heterocycles. The minimum atomic E-state index is -0.675. The highest BCUT2D eigenvalue weighted by Crippen LogP contribution is 2.31. The summed E-state index contributed by atoms with van der Waals surface area (Å²) >= 11 is 0. The summed E-state index contributed by atoms with van der Waals surface area (Å²) in [6.07, 6.45) is 4.66. The Morgan fingerprint density at radius 3 is 2.12 bits per heavy atom. The predicted octanol–water partition coefficient (Wildman–Crippen LogP) is 4.79. The number of likely N-dealkylation sites (tertiary alicyclic amines) is 1. The van der Waals surface area contributed by atoms with Gasteiger partial charge in [-0.1, -0.05) is 26.8 Å². The molecule has 0 radical (unpaired) electrons. The van der Waals surface area contributed by atoms with Crippen molar-refractivity contribution >= 4 is 5.69 Å². The van der Waals surface area contributed by atoms with Gasteiger partial charge in [-0.2, -0.15) is 0 Å². The Morgan fingerprint density at radius 1 is 0.917 bits per heavy atom. The molecule has 0 aromatic heterocycles. The maximum atomic E-state index is 14.5. The van der Waals surface area contributed by atoms with E-state index in [4.69, 9.17) is 0 Å². The summed E-state index contributed by atoms with van der Waals surface area (Å²) in [4.78, 5) is 4.63. The van der Waals surface area contributed by atoms with E-state index in [2.05, 4.69) is 11.8 Å². The summed E-state index contributed by atoms with van der Waals surface area (Å²) in [7, 11) is 0. The summed E-state index contributed by atoms with van der Waals surface area (Å²) in [5, 5.41) is 0. The maximum absolute atomic E-state index is 14.5. The van der Waals surface area contributed by atoms with E-state index in [1.54, 1.807) is 12.1 Å². The molecule has 134 valence electrons. The Hall–Kier alpha value is -1.16. The first kappa shape index (κ1) is 17.7. The van der Waals surface area contributed by atoms with Gasteiger partial charge in [-0.15, -0.1) is 0 Å². The minimum Gasteiger partial charge on any atom is -0.369 e. The average Bonchev–Trinajstić information content (AvgIpc) is 2.58. The second-order valence-corrected chi connectivity index (χ2v) is 7.89. The Balaban J connectivity index is 1.64. The van der Waals surface area contributed by atoms with Gasteiger partial charge >= 0.3 is 0 Å². The molecular weight excluding hydrogens is 306 g/mol. The summed E-state index contributed by atoms with van der Waals surface area (Å²) in [6, 6.07) is 4.12. The summed E-state index contributed by atoms with van der Waals surface area (Å²) < 4.78 is 28.7. The number of benzene rings is 1. The van der Waals surface area contributed by atoms with Gasteiger partial charge in [-0.25, -0.2) is 8.78 Å². The predicted molar refractivity (Wildman–Crippen MR) is 95.7 cm³/mol. The van der Waals surface area contributed by atoms with Crippen molar-refractivity contribution in [1.82, 2.24) is 4.90 Å². The van der Waals surface area contributed by atoms with E-state index in [1.807, 2.05) is 18.7 Å². The van der Waals surface area contributed by atoms with Gasteiger partial charge < -0.3 is 9.80 Å². The topological polar surface area (TPSA) is 6.48 Å². The van der Waals surface area contributed by atoms with E-state index in [0.29, 0.717) is 17.3 Å². The Bertz CT molecular complexity index is 557.